The molecule has 0 aliphatic rings. The van der Waals surface area contributed by atoms with Crippen LogP contribution in [0.25, 0.3) is 0 Å². The second-order valence-electron chi connectivity index (χ2n) is 3.50. The van der Waals surface area contributed by atoms with Gasteiger partial charge in [-0.2, -0.15) is 0 Å². The van der Waals surface area contributed by atoms with Crippen molar-refractivity contribution in [3.63, 3.8) is 0 Å². The maximum Gasteiger partial charge on any atom is 0.125 e. The fraction of sp³-hybridized carbons (Fsp3) is 0.500. The molecule has 0 saturated carbocycles. The zero-order valence-electron chi connectivity index (χ0n) is 7.96. The molecule has 0 amide bonds. The molecule has 2 heteroatoms. The van der Waals surface area contributed by atoms with Gasteiger partial charge >= 0.3 is 0 Å². The highest BCUT2D eigenvalue weighted by atomic mass is 15.0. The van der Waals surface area contributed by atoms with Crippen molar-refractivity contribution in [2.45, 2.75) is 20.8 Å². The van der Waals surface area contributed by atoms with Crippen LogP contribution >= 0.6 is 0 Å². The molecule has 1 heterocycles. The molecule has 0 bridgehead atoms. The molecule has 66 valence electrons. The molecule has 0 spiro atoms. The molecule has 0 aliphatic heterocycles. The smallest absolute Gasteiger partial charge is 0.125 e. The molecule has 12 heavy (non-hydrogen) atoms. The quantitative estimate of drug-likeness (QED) is 0.742. The van der Waals surface area contributed by atoms with Crippen molar-refractivity contribution in [3.05, 3.63) is 23.9 Å². The standard InChI is InChI=1S/C10H16N2/c1-8(2)6-11-10-5-4-9(3)7-12-10/h4-5,7-8H,6H2,1-3H3,(H,11,12). The second kappa shape index (κ2) is 4.10. The summed E-state index contributed by atoms with van der Waals surface area (Å²) in [7, 11) is 0. The Bertz CT molecular complexity index is 226. The van der Waals surface area contributed by atoms with E-state index < -0.39 is 0 Å². The normalized spacial score (nSPS) is 10.3. The van der Waals surface area contributed by atoms with Gasteiger partial charge < -0.3 is 5.32 Å². The van der Waals surface area contributed by atoms with E-state index in [4.69, 9.17) is 0 Å². The van der Waals surface area contributed by atoms with Crippen molar-refractivity contribution in [1.29, 1.82) is 0 Å². The number of aromatic nitrogens is 1. The van der Waals surface area contributed by atoms with Gasteiger partial charge in [0.1, 0.15) is 5.82 Å². The molecule has 1 aromatic rings. The van der Waals surface area contributed by atoms with Crippen LogP contribution in [0.1, 0.15) is 19.4 Å². The molecule has 0 unspecified atom stereocenters. The highest BCUT2D eigenvalue weighted by molar-refractivity contribution is 5.34. The monoisotopic (exact) mass is 164 g/mol. The molecule has 1 rings (SSSR count). The third-order valence-corrected chi connectivity index (χ3v) is 1.60. The second-order valence-corrected chi connectivity index (χ2v) is 3.50. The van der Waals surface area contributed by atoms with E-state index in [-0.39, 0.29) is 0 Å². The Morgan fingerprint density at radius 2 is 2.17 bits per heavy atom. The van der Waals surface area contributed by atoms with E-state index in [1.165, 1.54) is 5.56 Å². The minimum absolute atomic E-state index is 0.660. The molecule has 0 radical (unpaired) electrons. The summed E-state index contributed by atoms with van der Waals surface area (Å²) in [6.45, 7) is 7.39. The van der Waals surface area contributed by atoms with Crippen molar-refractivity contribution in [2.24, 2.45) is 5.92 Å². The van der Waals surface area contributed by atoms with Crippen LogP contribution < -0.4 is 5.32 Å². The Hall–Kier alpha value is -1.05. The Kier molecular flexibility index (Phi) is 3.09. The summed E-state index contributed by atoms with van der Waals surface area (Å²) in [5.74, 6) is 1.63. The van der Waals surface area contributed by atoms with E-state index in [2.05, 4.69) is 30.2 Å². The van der Waals surface area contributed by atoms with Crippen LogP contribution in [0.4, 0.5) is 5.82 Å². The fourth-order valence-electron chi connectivity index (χ4n) is 0.881. The van der Waals surface area contributed by atoms with Crippen LogP contribution in [0, 0.1) is 12.8 Å². The van der Waals surface area contributed by atoms with Crippen LogP contribution in [0.3, 0.4) is 0 Å². The van der Waals surface area contributed by atoms with Crippen LogP contribution in [0.15, 0.2) is 18.3 Å². The number of nitrogens with zero attached hydrogens (tertiary/aromatic N) is 1. The summed E-state index contributed by atoms with van der Waals surface area (Å²) >= 11 is 0. The first-order chi connectivity index (χ1) is 5.68. The van der Waals surface area contributed by atoms with Crippen LogP contribution in [0.5, 0.6) is 0 Å². The maximum absolute atomic E-state index is 4.24. The minimum Gasteiger partial charge on any atom is -0.370 e. The third kappa shape index (κ3) is 2.91. The Morgan fingerprint density at radius 3 is 2.67 bits per heavy atom. The summed E-state index contributed by atoms with van der Waals surface area (Å²) in [5, 5.41) is 3.26. The number of hydrogen-bond donors (Lipinski definition) is 1. The SMILES string of the molecule is Cc1ccc(NCC(C)C)nc1. The van der Waals surface area contributed by atoms with Gasteiger partial charge in [-0.15, -0.1) is 0 Å². The zero-order chi connectivity index (χ0) is 8.97. The average molecular weight is 164 g/mol. The molecule has 0 aliphatic carbocycles. The average Bonchev–Trinajstić information content (AvgIpc) is 2.03. The van der Waals surface area contributed by atoms with Crippen molar-refractivity contribution >= 4 is 5.82 Å². The van der Waals surface area contributed by atoms with Gasteiger partial charge in [0, 0.05) is 12.7 Å². The van der Waals surface area contributed by atoms with E-state index in [0.29, 0.717) is 5.92 Å². The molecule has 2 nitrogen and oxygen atoms in total. The highest BCUT2D eigenvalue weighted by Crippen LogP contribution is 2.04. The van der Waals surface area contributed by atoms with E-state index in [9.17, 15) is 0 Å². The molecule has 0 aromatic carbocycles. The van der Waals surface area contributed by atoms with E-state index in [1.807, 2.05) is 19.2 Å². The van der Waals surface area contributed by atoms with Gasteiger partial charge in [0.15, 0.2) is 0 Å². The van der Waals surface area contributed by atoms with Gasteiger partial charge in [-0.3, -0.25) is 0 Å². The van der Waals surface area contributed by atoms with Crippen molar-refractivity contribution in [2.75, 3.05) is 11.9 Å². The molecule has 1 aromatic heterocycles. The maximum atomic E-state index is 4.24. The topological polar surface area (TPSA) is 24.9 Å². The van der Waals surface area contributed by atoms with Crippen molar-refractivity contribution in [3.8, 4) is 0 Å². The number of aryl methyl sites for hydroxylation is 1. The molecule has 0 atom stereocenters. The Labute approximate surface area is 74.0 Å². The third-order valence-electron chi connectivity index (χ3n) is 1.60. The molecule has 0 fully saturated rings. The van der Waals surface area contributed by atoms with Gasteiger partial charge in [-0.1, -0.05) is 19.9 Å². The van der Waals surface area contributed by atoms with Gasteiger partial charge in [-0.25, -0.2) is 4.98 Å². The summed E-state index contributed by atoms with van der Waals surface area (Å²) in [4.78, 5) is 4.24. The lowest BCUT2D eigenvalue weighted by Gasteiger charge is -2.07. The predicted octanol–water partition coefficient (Wildman–Crippen LogP) is 2.46. The van der Waals surface area contributed by atoms with Crippen molar-refractivity contribution < 1.29 is 0 Å². The molecule has 1 N–H and O–H groups in total. The minimum atomic E-state index is 0.660. The molecular formula is C10H16N2. The number of pyridine rings is 1. The molecule has 0 saturated heterocycles. The Morgan fingerprint density at radius 1 is 1.42 bits per heavy atom. The summed E-state index contributed by atoms with van der Waals surface area (Å²) < 4.78 is 0. The number of anilines is 1. The van der Waals surface area contributed by atoms with Crippen LogP contribution in [-0.2, 0) is 0 Å². The highest BCUT2D eigenvalue weighted by Gasteiger charge is 1.94. The van der Waals surface area contributed by atoms with E-state index in [0.717, 1.165) is 12.4 Å². The zero-order valence-corrected chi connectivity index (χ0v) is 7.96. The number of rotatable bonds is 3. The van der Waals surface area contributed by atoms with Gasteiger partial charge in [0.2, 0.25) is 0 Å². The number of hydrogen-bond acceptors (Lipinski definition) is 2. The van der Waals surface area contributed by atoms with E-state index >= 15 is 0 Å². The van der Waals surface area contributed by atoms with Crippen LogP contribution in [-0.4, -0.2) is 11.5 Å². The first-order valence-corrected chi connectivity index (χ1v) is 4.35. The first-order valence-electron chi connectivity index (χ1n) is 4.35. The molecular weight excluding hydrogens is 148 g/mol. The lowest BCUT2D eigenvalue weighted by atomic mass is 10.2. The van der Waals surface area contributed by atoms with Gasteiger partial charge in [-0.05, 0) is 24.5 Å². The largest absolute Gasteiger partial charge is 0.370 e. The lowest BCUT2D eigenvalue weighted by molar-refractivity contribution is 0.687. The van der Waals surface area contributed by atoms with Gasteiger partial charge in [0.25, 0.3) is 0 Å². The van der Waals surface area contributed by atoms with Crippen LogP contribution in [0.2, 0.25) is 0 Å². The lowest BCUT2D eigenvalue weighted by Crippen LogP contribution is -2.08. The summed E-state index contributed by atoms with van der Waals surface area (Å²) in [6, 6.07) is 4.08. The summed E-state index contributed by atoms with van der Waals surface area (Å²) in [6.07, 6.45) is 1.88. The first kappa shape index (κ1) is 9.04. The Balaban J connectivity index is 2.48. The fourth-order valence-corrected chi connectivity index (χ4v) is 0.881. The van der Waals surface area contributed by atoms with Crippen molar-refractivity contribution in [1.82, 2.24) is 4.98 Å². The summed E-state index contributed by atoms with van der Waals surface area (Å²) in [5.41, 5.74) is 1.20. The van der Waals surface area contributed by atoms with Gasteiger partial charge in [0.05, 0.1) is 0 Å². The van der Waals surface area contributed by atoms with E-state index in [1.54, 1.807) is 0 Å². The number of nitrogens with one attached hydrogen (secondary N) is 1. The predicted molar refractivity (Wildman–Crippen MR) is 52.3 cm³/mol.